The minimum atomic E-state index is -0.725. The van der Waals surface area contributed by atoms with E-state index in [2.05, 4.69) is 32.9 Å². The highest BCUT2D eigenvalue weighted by molar-refractivity contribution is 14.1. The molecule has 6 rings (SSSR count). The van der Waals surface area contributed by atoms with Crippen LogP contribution in [0.25, 0.3) is 22.2 Å². The predicted octanol–water partition coefficient (Wildman–Crippen LogP) is 5.12. The first kappa shape index (κ1) is 21.2. The van der Waals surface area contributed by atoms with Gasteiger partial charge in [-0.3, -0.25) is 9.59 Å². The van der Waals surface area contributed by atoms with Gasteiger partial charge in [-0.25, -0.2) is 4.98 Å². The minimum Gasteiger partial charge on any atom is -0.505 e. The lowest BCUT2D eigenvalue weighted by Gasteiger charge is -2.51. The van der Waals surface area contributed by atoms with Crippen LogP contribution in [-0.2, 0) is 4.79 Å². The third-order valence-corrected chi connectivity index (χ3v) is 7.95. The van der Waals surface area contributed by atoms with Crippen LogP contribution in [0.4, 0.5) is 0 Å². The van der Waals surface area contributed by atoms with Gasteiger partial charge < -0.3 is 15.5 Å². The molecule has 32 heavy (non-hydrogen) atoms. The fourth-order valence-electron chi connectivity index (χ4n) is 5.25. The molecule has 3 aliphatic rings. The molecule has 3 aromatic rings. The van der Waals surface area contributed by atoms with Gasteiger partial charge >= 0.3 is 5.97 Å². The number of fused-ring (bicyclic) bond motifs is 4. The number of hydrogen-bond donors (Lipinski definition) is 3. The molecule has 0 atom stereocenters. The van der Waals surface area contributed by atoms with E-state index in [1.165, 1.54) is 0 Å². The Morgan fingerprint density at radius 2 is 1.62 bits per heavy atom. The lowest BCUT2D eigenvalue weighted by atomic mass is 9.57. The Balaban J connectivity index is 1.56. The zero-order valence-corrected chi connectivity index (χ0v) is 19.6. The number of hydrogen-bond acceptors (Lipinski definition) is 4. The normalized spacial score (nSPS) is 24.4. The third kappa shape index (κ3) is 3.43. The molecule has 0 aliphatic heterocycles. The van der Waals surface area contributed by atoms with E-state index in [9.17, 15) is 19.8 Å². The number of carbonyl (C=O) groups excluding carboxylic acids is 1. The Hall–Kier alpha value is -2.68. The summed E-state index contributed by atoms with van der Waals surface area (Å²) in [6.45, 7) is 0. The molecule has 0 spiro atoms. The molecule has 1 heterocycles. The Bertz CT molecular complexity index is 1220. The highest BCUT2D eigenvalue weighted by Crippen LogP contribution is 2.52. The number of aliphatic carboxylic acids is 1. The molecule has 2 bridgehead atoms. The van der Waals surface area contributed by atoms with Crippen molar-refractivity contribution in [1.82, 2.24) is 10.3 Å². The number of aromatic hydroxyl groups is 1. The Kier molecular flexibility index (Phi) is 5.11. The summed E-state index contributed by atoms with van der Waals surface area (Å²) in [7, 11) is 0. The van der Waals surface area contributed by atoms with Crippen molar-refractivity contribution in [2.24, 2.45) is 5.41 Å². The van der Waals surface area contributed by atoms with Crippen LogP contribution in [0.2, 0.25) is 0 Å². The monoisotopic (exact) mass is 542 g/mol. The minimum absolute atomic E-state index is 0.133. The van der Waals surface area contributed by atoms with E-state index in [1.54, 1.807) is 0 Å². The molecule has 3 N–H and O–H groups in total. The predicted molar refractivity (Wildman–Crippen MR) is 130 cm³/mol. The summed E-state index contributed by atoms with van der Waals surface area (Å²) >= 11 is 2.18. The number of halogens is 1. The van der Waals surface area contributed by atoms with Crippen molar-refractivity contribution in [1.29, 1.82) is 0 Å². The van der Waals surface area contributed by atoms with Crippen LogP contribution in [0.1, 0.15) is 48.9 Å². The van der Waals surface area contributed by atoms with E-state index in [0.29, 0.717) is 55.1 Å². The highest BCUT2D eigenvalue weighted by atomic mass is 127. The van der Waals surface area contributed by atoms with Gasteiger partial charge in [-0.15, -0.1) is 0 Å². The number of carboxylic acids is 1. The fraction of sp³-hybridized carbons (Fsp3) is 0.320. The first-order valence-corrected chi connectivity index (χ1v) is 11.8. The van der Waals surface area contributed by atoms with E-state index in [-0.39, 0.29) is 17.2 Å². The van der Waals surface area contributed by atoms with E-state index >= 15 is 0 Å². The molecule has 3 fully saturated rings. The summed E-state index contributed by atoms with van der Waals surface area (Å²) in [5.41, 5.74) is 0.905. The topological polar surface area (TPSA) is 99.5 Å². The number of nitrogens with zero attached hydrogens (tertiary/aromatic N) is 1. The second kappa shape index (κ2) is 7.72. The molecule has 0 unspecified atom stereocenters. The second-order valence-corrected chi connectivity index (χ2v) is 10.3. The molecule has 3 aliphatic carbocycles. The van der Waals surface area contributed by atoms with Crippen molar-refractivity contribution in [3.8, 4) is 17.0 Å². The molecule has 3 saturated carbocycles. The number of pyridine rings is 1. The molecular weight excluding hydrogens is 519 g/mol. The summed E-state index contributed by atoms with van der Waals surface area (Å²) in [4.78, 5) is 30.0. The average molecular weight is 542 g/mol. The number of amides is 1. The third-order valence-electron chi connectivity index (χ3n) is 7.27. The molecule has 6 nitrogen and oxygen atoms in total. The van der Waals surface area contributed by atoms with Gasteiger partial charge in [0.2, 0.25) is 0 Å². The number of carbonyl (C=O) groups is 2. The zero-order valence-electron chi connectivity index (χ0n) is 17.4. The quantitative estimate of drug-likeness (QED) is 0.398. The summed E-state index contributed by atoms with van der Waals surface area (Å²) < 4.78 is 0.942. The fourth-order valence-corrected chi connectivity index (χ4v) is 5.74. The van der Waals surface area contributed by atoms with Gasteiger partial charge in [-0.05, 0) is 79.3 Å². The Morgan fingerprint density at radius 1 is 0.969 bits per heavy atom. The maximum atomic E-state index is 13.6. The lowest BCUT2D eigenvalue weighted by molar-refractivity contribution is -0.156. The SMILES string of the molecule is O=C(NC12CCC(C(=O)O)(CC1)CC2)c1c(O)c(-c2ccccc2)nc2ccc(I)cc12. The first-order valence-electron chi connectivity index (χ1n) is 10.8. The van der Waals surface area contributed by atoms with Crippen molar-refractivity contribution in [3.05, 3.63) is 57.7 Å². The van der Waals surface area contributed by atoms with Gasteiger partial charge in [0.15, 0.2) is 5.75 Å². The van der Waals surface area contributed by atoms with Gasteiger partial charge in [0.1, 0.15) is 5.69 Å². The summed E-state index contributed by atoms with van der Waals surface area (Å²) in [6.07, 6.45) is 3.62. The highest BCUT2D eigenvalue weighted by Gasteiger charge is 2.53. The number of carboxylic acid groups (broad SMARTS) is 1. The largest absolute Gasteiger partial charge is 0.505 e. The van der Waals surface area contributed by atoms with Crippen molar-refractivity contribution < 1.29 is 19.8 Å². The van der Waals surface area contributed by atoms with Crippen molar-refractivity contribution in [2.75, 3.05) is 0 Å². The maximum Gasteiger partial charge on any atom is 0.309 e. The van der Waals surface area contributed by atoms with Crippen LogP contribution in [0.3, 0.4) is 0 Å². The standard InChI is InChI=1S/C25H23IN2O4/c26-16-6-7-18-17(14-16)19(21(29)20(27-18)15-4-2-1-3-5-15)22(30)28-25-11-8-24(9-12-25,10-13-25)23(31)32/h1-7,14,29H,8-13H2,(H,28,30)(H,31,32). The van der Waals surface area contributed by atoms with Gasteiger partial charge in [-0.1, -0.05) is 30.3 Å². The summed E-state index contributed by atoms with van der Waals surface area (Å²) in [6, 6.07) is 15.0. The van der Waals surface area contributed by atoms with Gasteiger partial charge in [0.25, 0.3) is 5.91 Å². The van der Waals surface area contributed by atoms with E-state index < -0.39 is 16.9 Å². The first-order chi connectivity index (χ1) is 15.3. The Morgan fingerprint density at radius 3 is 2.25 bits per heavy atom. The van der Waals surface area contributed by atoms with E-state index in [0.717, 1.165) is 9.13 Å². The van der Waals surface area contributed by atoms with E-state index in [4.69, 9.17) is 0 Å². The lowest BCUT2D eigenvalue weighted by Crippen LogP contribution is -2.58. The molecule has 0 radical (unpaired) electrons. The van der Waals surface area contributed by atoms with Crippen LogP contribution in [0.5, 0.6) is 5.75 Å². The molecule has 0 saturated heterocycles. The number of aromatic nitrogens is 1. The molecular formula is C25H23IN2O4. The van der Waals surface area contributed by atoms with Crippen LogP contribution < -0.4 is 5.32 Å². The van der Waals surface area contributed by atoms with Gasteiger partial charge in [0.05, 0.1) is 16.5 Å². The van der Waals surface area contributed by atoms with Crippen LogP contribution in [0, 0.1) is 8.99 Å². The average Bonchev–Trinajstić information content (AvgIpc) is 2.80. The van der Waals surface area contributed by atoms with Crippen molar-refractivity contribution in [2.45, 2.75) is 44.1 Å². The number of rotatable bonds is 4. The van der Waals surface area contributed by atoms with Gasteiger partial charge in [0, 0.05) is 20.1 Å². The zero-order chi connectivity index (χ0) is 22.5. The van der Waals surface area contributed by atoms with Crippen molar-refractivity contribution >= 4 is 45.4 Å². The molecule has 1 amide bonds. The van der Waals surface area contributed by atoms with Crippen LogP contribution >= 0.6 is 22.6 Å². The van der Waals surface area contributed by atoms with Crippen molar-refractivity contribution in [3.63, 3.8) is 0 Å². The Labute approximate surface area is 199 Å². The maximum absolute atomic E-state index is 13.6. The summed E-state index contributed by atoms with van der Waals surface area (Å²) in [5, 5.41) is 24.7. The van der Waals surface area contributed by atoms with E-state index in [1.807, 2.05) is 48.5 Å². The van der Waals surface area contributed by atoms with Crippen LogP contribution in [0.15, 0.2) is 48.5 Å². The summed E-state index contributed by atoms with van der Waals surface area (Å²) in [5.74, 6) is -1.19. The molecule has 2 aromatic carbocycles. The molecule has 164 valence electrons. The molecule has 1 aromatic heterocycles. The number of nitrogens with one attached hydrogen (secondary N) is 1. The van der Waals surface area contributed by atoms with Crippen LogP contribution in [-0.4, -0.2) is 32.6 Å². The van der Waals surface area contributed by atoms with Gasteiger partial charge in [-0.2, -0.15) is 0 Å². The molecule has 7 heteroatoms. The second-order valence-electron chi connectivity index (χ2n) is 9.03. The smallest absolute Gasteiger partial charge is 0.309 e. The number of benzene rings is 2.